The van der Waals surface area contributed by atoms with Crippen LogP contribution in [0.3, 0.4) is 0 Å². The molecule has 3 N–H and O–H groups in total. The summed E-state index contributed by atoms with van der Waals surface area (Å²) in [5.74, 6) is 1.85. The molecule has 3 nitrogen and oxygen atoms in total. The summed E-state index contributed by atoms with van der Waals surface area (Å²) in [5, 5.41) is 3.46. The molecular weight excluding hydrogens is 268 g/mol. The molecule has 0 bridgehead atoms. The van der Waals surface area contributed by atoms with Crippen LogP contribution in [0.2, 0.25) is 0 Å². The minimum atomic E-state index is 0.129. The van der Waals surface area contributed by atoms with E-state index in [1.165, 1.54) is 25.7 Å². The molecule has 1 unspecified atom stereocenters. The Morgan fingerprint density at radius 2 is 2.38 bits per heavy atom. The second-order valence-electron chi connectivity index (χ2n) is 4.46. The van der Waals surface area contributed by atoms with Gasteiger partial charge in [-0.25, -0.2) is 0 Å². The summed E-state index contributed by atoms with van der Waals surface area (Å²) < 4.78 is 6.42. The van der Waals surface area contributed by atoms with Crippen molar-refractivity contribution in [1.29, 1.82) is 0 Å². The average Bonchev–Trinajstić information content (AvgIpc) is 2.62. The van der Waals surface area contributed by atoms with Crippen molar-refractivity contribution in [2.45, 2.75) is 31.7 Å². The maximum absolute atomic E-state index is 5.75. The first-order chi connectivity index (χ1) is 7.81. The Labute approximate surface area is 105 Å². The van der Waals surface area contributed by atoms with Crippen LogP contribution in [-0.2, 0) is 0 Å². The molecule has 1 aromatic heterocycles. The molecule has 2 rings (SSSR count). The fourth-order valence-electron chi connectivity index (χ4n) is 2.08. The van der Waals surface area contributed by atoms with Gasteiger partial charge in [0.15, 0.2) is 0 Å². The van der Waals surface area contributed by atoms with Crippen LogP contribution in [0.15, 0.2) is 21.2 Å². The third-order valence-corrected chi connectivity index (χ3v) is 4.02. The van der Waals surface area contributed by atoms with Gasteiger partial charge in [0.2, 0.25) is 0 Å². The molecule has 0 saturated heterocycles. The summed E-state index contributed by atoms with van der Waals surface area (Å²) in [6.45, 7) is 1.59. The topological polar surface area (TPSA) is 51.2 Å². The maximum atomic E-state index is 5.75. The van der Waals surface area contributed by atoms with Gasteiger partial charge in [0.25, 0.3) is 0 Å². The summed E-state index contributed by atoms with van der Waals surface area (Å²) >= 11 is 3.46. The lowest BCUT2D eigenvalue weighted by Crippen LogP contribution is -2.30. The Morgan fingerprint density at radius 1 is 1.56 bits per heavy atom. The number of nitrogens with one attached hydrogen (secondary N) is 1. The molecule has 1 aliphatic rings. The standard InChI is InChI=1S/C12H19BrN2O/c13-10-5-7-16-12(10)11(8-14)15-6-4-9-2-1-3-9/h5,7,9,11,15H,1-4,6,8,14H2. The lowest BCUT2D eigenvalue weighted by Gasteiger charge is -2.26. The molecule has 0 aromatic carbocycles. The molecule has 1 atom stereocenters. The first-order valence-electron chi connectivity index (χ1n) is 5.97. The molecule has 0 spiro atoms. The molecule has 1 aromatic rings. The van der Waals surface area contributed by atoms with Crippen LogP contribution >= 0.6 is 15.9 Å². The lowest BCUT2D eigenvalue weighted by atomic mass is 9.83. The molecule has 1 saturated carbocycles. The zero-order valence-electron chi connectivity index (χ0n) is 9.42. The fourth-order valence-corrected chi connectivity index (χ4v) is 2.56. The van der Waals surface area contributed by atoms with Crippen LogP contribution < -0.4 is 11.1 Å². The number of furan rings is 1. The highest BCUT2D eigenvalue weighted by molar-refractivity contribution is 9.10. The molecule has 1 aliphatic carbocycles. The SMILES string of the molecule is NCC(NCCC1CCC1)c1occc1Br. The highest BCUT2D eigenvalue weighted by Crippen LogP contribution is 2.29. The quantitative estimate of drug-likeness (QED) is 0.846. The van der Waals surface area contributed by atoms with Crippen molar-refractivity contribution in [2.75, 3.05) is 13.1 Å². The Kier molecular flexibility index (Phi) is 4.44. The number of halogens is 1. The van der Waals surface area contributed by atoms with E-state index in [1.807, 2.05) is 6.07 Å². The Morgan fingerprint density at radius 3 is 2.88 bits per heavy atom. The summed E-state index contributed by atoms with van der Waals surface area (Å²) in [6.07, 6.45) is 7.16. The van der Waals surface area contributed by atoms with Crippen molar-refractivity contribution >= 4 is 15.9 Å². The second-order valence-corrected chi connectivity index (χ2v) is 5.32. The second kappa shape index (κ2) is 5.84. The highest BCUT2D eigenvalue weighted by Gasteiger charge is 2.19. The van der Waals surface area contributed by atoms with E-state index in [1.54, 1.807) is 6.26 Å². The third-order valence-electron chi connectivity index (χ3n) is 3.37. The van der Waals surface area contributed by atoms with Gasteiger partial charge >= 0.3 is 0 Å². The minimum absolute atomic E-state index is 0.129. The van der Waals surface area contributed by atoms with Gasteiger partial charge in [-0.1, -0.05) is 19.3 Å². The Hall–Kier alpha value is -0.320. The number of hydrogen-bond donors (Lipinski definition) is 2. The van der Waals surface area contributed by atoms with Gasteiger partial charge in [-0.3, -0.25) is 0 Å². The van der Waals surface area contributed by atoms with Gasteiger partial charge in [0.05, 0.1) is 16.8 Å². The van der Waals surface area contributed by atoms with Gasteiger partial charge in [0.1, 0.15) is 5.76 Å². The minimum Gasteiger partial charge on any atom is -0.466 e. The molecule has 0 radical (unpaired) electrons. The summed E-state index contributed by atoms with van der Waals surface area (Å²) in [5.41, 5.74) is 5.75. The van der Waals surface area contributed by atoms with Crippen molar-refractivity contribution in [1.82, 2.24) is 5.32 Å². The monoisotopic (exact) mass is 286 g/mol. The van der Waals surface area contributed by atoms with E-state index in [0.29, 0.717) is 6.54 Å². The van der Waals surface area contributed by atoms with E-state index < -0.39 is 0 Å². The first-order valence-corrected chi connectivity index (χ1v) is 6.77. The van der Waals surface area contributed by atoms with Gasteiger partial charge in [-0.2, -0.15) is 0 Å². The molecule has 90 valence electrons. The van der Waals surface area contributed by atoms with E-state index >= 15 is 0 Å². The van der Waals surface area contributed by atoms with Gasteiger partial charge in [-0.05, 0) is 40.9 Å². The number of rotatable bonds is 6. The van der Waals surface area contributed by atoms with E-state index in [4.69, 9.17) is 10.2 Å². The zero-order chi connectivity index (χ0) is 11.4. The van der Waals surface area contributed by atoms with Gasteiger partial charge in [-0.15, -0.1) is 0 Å². The average molecular weight is 287 g/mol. The van der Waals surface area contributed by atoms with Crippen molar-refractivity contribution in [3.05, 3.63) is 22.6 Å². The van der Waals surface area contributed by atoms with Crippen molar-refractivity contribution in [3.63, 3.8) is 0 Å². The van der Waals surface area contributed by atoms with E-state index in [0.717, 1.165) is 22.7 Å². The molecular formula is C12H19BrN2O. The van der Waals surface area contributed by atoms with Gasteiger partial charge in [0, 0.05) is 6.54 Å². The molecule has 1 heterocycles. The van der Waals surface area contributed by atoms with Crippen LogP contribution in [0.25, 0.3) is 0 Å². The largest absolute Gasteiger partial charge is 0.466 e. The molecule has 16 heavy (non-hydrogen) atoms. The van der Waals surface area contributed by atoms with Crippen molar-refractivity contribution < 1.29 is 4.42 Å². The van der Waals surface area contributed by atoms with Crippen LogP contribution in [0, 0.1) is 5.92 Å². The van der Waals surface area contributed by atoms with Crippen molar-refractivity contribution in [3.8, 4) is 0 Å². The summed E-state index contributed by atoms with van der Waals surface area (Å²) in [6, 6.07) is 2.04. The molecule has 0 aliphatic heterocycles. The molecule has 1 fully saturated rings. The van der Waals surface area contributed by atoms with E-state index in [2.05, 4.69) is 21.2 Å². The van der Waals surface area contributed by atoms with E-state index in [-0.39, 0.29) is 6.04 Å². The summed E-state index contributed by atoms with van der Waals surface area (Å²) in [4.78, 5) is 0. The molecule has 0 amide bonds. The number of nitrogens with two attached hydrogens (primary N) is 1. The van der Waals surface area contributed by atoms with Crippen LogP contribution in [0.1, 0.15) is 37.5 Å². The molecule has 4 heteroatoms. The smallest absolute Gasteiger partial charge is 0.136 e. The predicted octanol–water partition coefficient (Wildman–Crippen LogP) is 2.82. The Bertz CT molecular complexity index is 323. The Balaban J connectivity index is 1.78. The maximum Gasteiger partial charge on any atom is 0.136 e. The predicted molar refractivity (Wildman–Crippen MR) is 68.2 cm³/mol. The first kappa shape index (κ1) is 12.1. The van der Waals surface area contributed by atoms with Gasteiger partial charge < -0.3 is 15.5 Å². The highest BCUT2D eigenvalue weighted by atomic mass is 79.9. The lowest BCUT2D eigenvalue weighted by molar-refractivity contribution is 0.284. The fraction of sp³-hybridized carbons (Fsp3) is 0.667. The van der Waals surface area contributed by atoms with Crippen LogP contribution in [0.5, 0.6) is 0 Å². The number of hydrogen-bond acceptors (Lipinski definition) is 3. The summed E-state index contributed by atoms with van der Waals surface area (Å²) in [7, 11) is 0. The van der Waals surface area contributed by atoms with Crippen LogP contribution in [-0.4, -0.2) is 13.1 Å². The third kappa shape index (κ3) is 2.87. The van der Waals surface area contributed by atoms with Crippen LogP contribution in [0.4, 0.5) is 0 Å². The van der Waals surface area contributed by atoms with E-state index in [9.17, 15) is 0 Å². The van der Waals surface area contributed by atoms with Crippen molar-refractivity contribution in [2.24, 2.45) is 11.7 Å². The zero-order valence-corrected chi connectivity index (χ0v) is 11.0. The normalized spacial score (nSPS) is 18.4.